The van der Waals surface area contributed by atoms with E-state index in [0.717, 1.165) is 27.0 Å². The molecule has 6 heteroatoms. The van der Waals surface area contributed by atoms with Crippen LogP contribution in [0.1, 0.15) is 28.5 Å². The maximum Gasteiger partial charge on any atom is 0.340 e. The summed E-state index contributed by atoms with van der Waals surface area (Å²) in [5.41, 5.74) is 3.72. The van der Waals surface area contributed by atoms with Gasteiger partial charge in [-0.05, 0) is 42.8 Å². The lowest BCUT2D eigenvalue weighted by Gasteiger charge is -2.13. The van der Waals surface area contributed by atoms with E-state index in [4.69, 9.17) is 9.72 Å². The lowest BCUT2D eigenvalue weighted by molar-refractivity contribution is -0.114. The fourth-order valence-corrected chi connectivity index (χ4v) is 3.75. The van der Waals surface area contributed by atoms with Crippen molar-refractivity contribution in [2.45, 2.75) is 24.5 Å². The van der Waals surface area contributed by atoms with Gasteiger partial charge in [0.15, 0.2) is 0 Å². The first-order chi connectivity index (χ1) is 13.0. The van der Waals surface area contributed by atoms with Gasteiger partial charge in [-0.25, -0.2) is 4.79 Å². The molecule has 0 radical (unpaired) electrons. The number of methoxy groups -OCH3 is 1. The highest BCUT2D eigenvalue weighted by molar-refractivity contribution is 7.98. The Morgan fingerprint density at radius 2 is 1.81 bits per heavy atom. The van der Waals surface area contributed by atoms with Crippen molar-refractivity contribution >= 4 is 40.2 Å². The molecule has 3 aromatic rings. The Bertz CT molecular complexity index is 1000. The highest BCUT2D eigenvalue weighted by Gasteiger charge is 2.19. The van der Waals surface area contributed by atoms with E-state index in [1.807, 2.05) is 55.5 Å². The van der Waals surface area contributed by atoms with E-state index in [2.05, 4.69) is 5.32 Å². The molecule has 0 saturated heterocycles. The Labute approximate surface area is 162 Å². The standard InChI is InChI=1S/C21H20N2O3S/c1-13-17-6-4-5-7-18(17)23-19(20(13)21(25)26-3)12-27-16-10-8-15(9-11-16)22-14(2)24/h4-11H,12H2,1-3H3,(H,22,24). The number of fused-ring (bicyclic) bond motifs is 1. The van der Waals surface area contributed by atoms with Gasteiger partial charge in [-0.15, -0.1) is 11.8 Å². The van der Waals surface area contributed by atoms with Crippen LogP contribution in [0, 0.1) is 6.92 Å². The van der Waals surface area contributed by atoms with Crippen LogP contribution >= 0.6 is 11.8 Å². The number of hydrogen-bond acceptors (Lipinski definition) is 5. The molecule has 0 unspecified atom stereocenters. The van der Waals surface area contributed by atoms with E-state index in [9.17, 15) is 9.59 Å². The van der Waals surface area contributed by atoms with Gasteiger partial charge in [0, 0.05) is 28.6 Å². The molecule has 0 spiro atoms. The van der Waals surface area contributed by atoms with Crippen molar-refractivity contribution in [1.82, 2.24) is 4.98 Å². The van der Waals surface area contributed by atoms with Crippen molar-refractivity contribution in [2.75, 3.05) is 12.4 Å². The smallest absolute Gasteiger partial charge is 0.340 e. The molecule has 2 aromatic carbocycles. The van der Waals surface area contributed by atoms with Crippen LogP contribution in [0.25, 0.3) is 10.9 Å². The molecule has 1 aromatic heterocycles. The molecule has 0 saturated carbocycles. The monoisotopic (exact) mass is 380 g/mol. The maximum atomic E-state index is 12.3. The van der Waals surface area contributed by atoms with Gasteiger partial charge < -0.3 is 10.1 Å². The highest BCUT2D eigenvalue weighted by Crippen LogP contribution is 2.29. The van der Waals surface area contributed by atoms with Crippen molar-refractivity contribution in [1.29, 1.82) is 0 Å². The van der Waals surface area contributed by atoms with E-state index in [-0.39, 0.29) is 11.9 Å². The molecule has 27 heavy (non-hydrogen) atoms. The van der Waals surface area contributed by atoms with Gasteiger partial charge in [-0.1, -0.05) is 18.2 Å². The van der Waals surface area contributed by atoms with Gasteiger partial charge in [0.25, 0.3) is 0 Å². The summed E-state index contributed by atoms with van der Waals surface area (Å²) in [6.07, 6.45) is 0. The molecule has 1 heterocycles. The molecule has 0 aliphatic heterocycles. The number of rotatable bonds is 5. The minimum Gasteiger partial charge on any atom is -0.465 e. The van der Waals surface area contributed by atoms with Gasteiger partial charge >= 0.3 is 5.97 Å². The Hall–Kier alpha value is -2.86. The average Bonchev–Trinajstić information content (AvgIpc) is 2.66. The first-order valence-electron chi connectivity index (χ1n) is 8.46. The van der Waals surface area contributed by atoms with E-state index < -0.39 is 0 Å². The van der Waals surface area contributed by atoms with E-state index >= 15 is 0 Å². The van der Waals surface area contributed by atoms with Gasteiger partial charge in [0.1, 0.15) is 0 Å². The predicted octanol–water partition coefficient (Wildman–Crippen LogP) is 4.58. The fourth-order valence-electron chi connectivity index (χ4n) is 2.91. The third kappa shape index (κ3) is 4.28. The number of nitrogens with one attached hydrogen (secondary N) is 1. The van der Waals surface area contributed by atoms with Crippen LogP contribution in [-0.4, -0.2) is 24.0 Å². The lowest BCUT2D eigenvalue weighted by atomic mass is 10.0. The topological polar surface area (TPSA) is 68.3 Å². The zero-order chi connectivity index (χ0) is 19.4. The highest BCUT2D eigenvalue weighted by atomic mass is 32.2. The Morgan fingerprint density at radius 1 is 1.11 bits per heavy atom. The van der Waals surface area contributed by atoms with E-state index in [1.54, 1.807) is 11.8 Å². The van der Waals surface area contributed by atoms with Crippen molar-refractivity contribution in [3.63, 3.8) is 0 Å². The normalized spacial score (nSPS) is 10.6. The lowest BCUT2D eigenvalue weighted by Crippen LogP contribution is -2.10. The average molecular weight is 380 g/mol. The summed E-state index contributed by atoms with van der Waals surface area (Å²) in [5, 5.41) is 3.69. The molecule has 0 aliphatic rings. The third-order valence-electron chi connectivity index (χ3n) is 4.17. The van der Waals surface area contributed by atoms with Crippen LogP contribution in [-0.2, 0) is 15.3 Å². The summed E-state index contributed by atoms with van der Waals surface area (Å²) in [6, 6.07) is 15.3. The number of aromatic nitrogens is 1. The Morgan fingerprint density at radius 3 is 2.48 bits per heavy atom. The summed E-state index contributed by atoms with van der Waals surface area (Å²) in [7, 11) is 1.38. The largest absolute Gasteiger partial charge is 0.465 e. The van der Waals surface area contributed by atoms with Crippen LogP contribution < -0.4 is 5.32 Å². The molecule has 0 atom stereocenters. The van der Waals surface area contributed by atoms with Gasteiger partial charge in [-0.2, -0.15) is 0 Å². The number of para-hydroxylation sites is 1. The van der Waals surface area contributed by atoms with Gasteiger partial charge in [0.2, 0.25) is 5.91 Å². The zero-order valence-corrected chi connectivity index (χ0v) is 16.2. The predicted molar refractivity (Wildman–Crippen MR) is 108 cm³/mol. The van der Waals surface area contributed by atoms with Crippen LogP contribution in [0.5, 0.6) is 0 Å². The number of esters is 1. The number of aryl methyl sites for hydroxylation is 1. The van der Waals surface area contributed by atoms with Gasteiger partial charge in [-0.3, -0.25) is 9.78 Å². The first kappa shape index (κ1) is 18.9. The molecule has 1 amide bonds. The van der Waals surface area contributed by atoms with Crippen molar-refractivity contribution < 1.29 is 14.3 Å². The molecule has 5 nitrogen and oxygen atoms in total. The minimum absolute atomic E-state index is 0.103. The molecule has 3 rings (SSSR count). The molecule has 0 aliphatic carbocycles. The molecule has 0 fully saturated rings. The Balaban J connectivity index is 1.89. The number of carbonyl (C=O) groups is 2. The number of thioether (sulfide) groups is 1. The summed E-state index contributed by atoms with van der Waals surface area (Å²) < 4.78 is 4.98. The molecular formula is C21H20N2O3S. The maximum absolute atomic E-state index is 12.3. The number of benzene rings is 2. The number of hydrogen-bond donors (Lipinski definition) is 1. The molecular weight excluding hydrogens is 360 g/mol. The first-order valence-corrected chi connectivity index (χ1v) is 9.45. The SMILES string of the molecule is COC(=O)c1c(CSc2ccc(NC(C)=O)cc2)nc2ccccc2c1C. The van der Waals surface area contributed by atoms with Crippen molar-refractivity contribution in [3.05, 3.63) is 65.4 Å². The van der Waals surface area contributed by atoms with Crippen LogP contribution in [0.3, 0.4) is 0 Å². The van der Waals surface area contributed by atoms with Crippen molar-refractivity contribution in [3.8, 4) is 0 Å². The molecule has 1 N–H and O–H groups in total. The second-order valence-corrected chi connectivity index (χ2v) is 7.11. The van der Waals surface area contributed by atoms with Crippen LogP contribution in [0.4, 0.5) is 5.69 Å². The molecule has 138 valence electrons. The third-order valence-corrected chi connectivity index (χ3v) is 5.19. The summed E-state index contributed by atoms with van der Waals surface area (Å²) >= 11 is 1.58. The summed E-state index contributed by atoms with van der Waals surface area (Å²) in [4.78, 5) is 29.2. The minimum atomic E-state index is -0.373. The number of carbonyl (C=O) groups excluding carboxylic acids is 2. The summed E-state index contributed by atoms with van der Waals surface area (Å²) in [5.74, 6) is 0.0617. The van der Waals surface area contributed by atoms with Gasteiger partial charge in [0.05, 0.1) is 23.9 Å². The summed E-state index contributed by atoms with van der Waals surface area (Å²) in [6.45, 7) is 3.40. The van der Waals surface area contributed by atoms with E-state index in [0.29, 0.717) is 17.0 Å². The second-order valence-electron chi connectivity index (χ2n) is 6.06. The van der Waals surface area contributed by atoms with Crippen LogP contribution in [0.2, 0.25) is 0 Å². The number of pyridine rings is 1. The quantitative estimate of drug-likeness (QED) is 0.518. The number of ether oxygens (including phenoxy) is 1. The Kier molecular flexibility index (Phi) is 5.76. The van der Waals surface area contributed by atoms with Crippen LogP contribution in [0.15, 0.2) is 53.4 Å². The van der Waals surface area contributed by atoms with Crippen molar-refractivity contribution in [2.24, 2.45) is 0 Å². The number of amides is 1. The molecule has 0 bridgehead atoms. The number of anilines is 1. The van der Waals surface area contributed by atoms with E-state index in [1.165, 1.54) is 14.0 Å². The second kappa shape index (κ2) is 8.22. The zero-order valence-electron chi connectivity index (χ0n) is 15.4. The fraction of sp³-hybridized carbons (Fsp3) is 0.190. The number of nitrogens with zero attached hydrogens (tertiary/aromatic N) is 1.